The predicted octanol–water partition coefficient (Wildman–Crippen LogP) is 3.12. The molecule has 0 spiro atoms. The second kappa shape index (κ2) is 7.12. The zero-order valence-electron chi connectivity index (χ0n) is 15.2. The summed E-state index contributed by atoms with van der Waals surface area (Å²) in [4.78, 5) is 9.31. The number of rotatable bonds is 4. The van der Waals surface area contributed by atoms with E-state index < -0.39 is 10.0 Å². The zero-order valence-corrected chi connectivity index (χ0v) is 16.0. The Kier molecular flexibility index (Phi) is 4.84. The van der Waals surface area contributed by atoms with Crippen LogP contribution in [0.2, 0.25) is 0 Å². The van der Waals surface area contributed by atoms with Gasteiger partial charge in [0.05, 0.1) is 11.8 Å². The van der Waals surface area contributed by atoms with Gasteiger partial charge in [0.25, 0.3) is 0 Å². The van der Waals surface area contributed by atoms with Gasteiger partial charge >= 0.3 is 0 Å². The first-order chi connectivity index (χ1) is 12.5. The third-order valence-electron chi connectivity index (χ3n) is 5.69. The van der Waals surface area contributed by atoms with Gasteiger partial charge in [-0.1, -0.05) is 31.0 Å². The van der Waals surface area contributed by atoms with E-state index >= 15 is 0 Å². The maximum atomic E-state index is 11.6. The normalized spacial score (nSPS) is 20.7. The molecule has 1 aromatic carbocycles. The number of aromatic nitrogens is 2. The molecule has 0 unspecified atom stereocenters. The quantitative estimate of drug-likeness (QED) is 0.890. The maximum absolute atomic E-state index is 11.6. The monoisotopic (exact) mass is 374 g/mol. The van der Waals surface area contributed by atoms with Crippen LogP contribution >= 0.6 is 0 Å². The average Bonchev–Trinajstić information content (AvgIpc) is 3.15. The van der Waals surface area contributed by atoms with Crippen LogP contribution in [-0.4, -0.2) is 48.1 Å². The molecule has 140 valence electrons. The van der Waals surface area contributed by atoms with Crippen molar-refractivity contribution in [3.63, 3.8) is 0 Å². The van der Waals surface area contributed by atoms with Crippen LogP contribution in [0.1, 0.15) is 50.0 Å². The van der Waals surface area contributed by atoms with Crippen LogP contribution in [-0.2, 0) is 10.0 Å². The first-order valence-electron chi connectivity index (χ1n) is 9.48. The van der Waals surface area contributed by atoms with Crippen molar-refractivity contribution in [2.75, 3.05) is 24.7 Å². The molecule has 1 aliphatic carbocycles. The Bertz CT molecular complexity index is 886. The minimum Gasteiger partial charge on any atom is -0.351 e. The molecule has 2 heterocycles. The van der Waals surface area contributed by atoms with Gasteiger partial charge in [-0.15, -0.1) is 0 Å². The Balaban J connectivity index is 1.52. The molecule has 0 atom stereocenters. The number of sulfonamides is 1. The minimum atomic E-state index is -3.09. The molecule has 1 aromatic heterocycles. The molecule has 7 heteroatoms. The lowest BCUT2D eigenvalue weighted by atomic mass is 9.95. The Morgan fingerprint density at radius 1 is 1.12 bits per heavy atom. The summed E-state index contributed by atoms with van der Waals surface area (Å²) in [7, 11) is -3.09. The van der Waals surface area contributed by atoms with E-state index in [0.717, 1.165) is 23.7 Å². The molecule has 1 N–H and O–H groups in total. The van der Waals surface area contributed by atoms with Gasteiger partial charge in [0.1, 0.15) is 0 Å². The van der Waals surface area contributed by atoms with Crippen molar-refractivity contribution in [3.8, 4) is 0 Å². The highest BCUT2D eigenvalue weighted by Crippen LogP contribution is 2.37. The van der Waals surface area contributed by atoms with E-state index in [0.29, 0.717) is 25.0 Å². The van der Waals surface area contributed by atoms with Gasteiger partial charge in [-0.25, -0.2) is 22.7 Å². The largest absolute Gasteiger partial charge is 0.351 e. The van der Waals surface area contributed by atoms with Gasteiger partial charge in [0, 0.05) is 30.7 Å². The van der Waals surface area contributed by atoms with Gasteiger partial charge in [0.2, 0.25) is 16.0 Å². The number of anilines is 1. The molecule has 4 rings (SSSR count). The van der Waals surface area contributed by atoms with Crippen molar-refractivity contribution in [1.29, 1.82) is 0 Å². The maximum Gasteiger partial charge on any atom is 0.223 e. The number of hydrogen-bond acceptors (Lipinski definition) is 5. The van der Waals surface area contributed by atoms with E-state index in [1.165, 1.54) is 37.5 Å². The molecule has 26 heavy (non-hydrogen) atoms. The van der Waals surface area contributed by atoms with E-state index in [2.05, 4.69) is 28.5 Å². The summed E-state index contributed by atoms with van der Waals surface area (Å²) >= 11 is 0. The molecule has 0 radical (unpaired) electrons. The highest BCUT2D eigenvalue weighted by molar-refractivity contribution is 7.88. The van der Waals surface area contributed by atoms with Crippen LogP contribution in [0, 0.1) is 0 Å². The number of piperidine rings is 1. The fourth-order valence-electron chi connectivity index (χ4n) is 4.23. The van der Waals surface area contributed by atoms with Crippen molar-refractivity contribution in [3.05, 3.63) is 30.0 Å². The Morgan fingerprint density at radius 3 is 2.54 bits per heavy atom. The standard InChI is InChI=1S/C19H26N4O2S/c1-26(24,25)23-11-9-16(10-12-23)21-19-20-13-15-7-4-8-17(18(15)22-19)14-5-2-3-6-14/h4,7-8,13-14,16H,2-3,5-6,9-12H2,1H3,(H,20,21,22). The lowest BCUT2D eigenvalue weighted by Crippen LogP contribution is -2.42. The van der Waals surface area contributed by atoms with Crippen molar-refractivity contribution in [2.45, 2.75) is 50.5 Å². The topological polar surface area (TPSA) is 75.2 Å². The number of fused-ring (bicyclic) bond motifs is 1. The van der Waals surface area contributed by atoms with Crippen molar-refractivity contribution in [1.82, 2.24) is 14.3 Å². The van der Waals surface area contributed by atoms with Crippen molar-refractivity contribution in [2.24, 2.45) is 0 Å². The fraction of sp³-hybridized carbons (Fsp3) is 0.579. The fourth-order valence-corrected chi connectivity index (χ4v) is 5.10. The van der Waals surface area contributed by atoms with E-state index in [1.807, 2.05) is 6.20 Å². The number of nitrogens with one attached hydrogen (secondary N) is 1. The van der Waals surface area contributed by atoms with Crippen LogP contribution < -0.4 is 5.32 Å². The molecule has 1 saturated heterocycles. The number of hydrogen-bond donors (Lipinski definition) is 1. The van der Waals surface area contributed by atoms with Gasteiger partial charge in [-0.3, -0.25) is 0 Å². The third-order valence-corrected chi connectivity index (χ3v) is 7.00. The van der Waals surface area contributed by atoms with Crippen molar-refractivity contribution < 1.29 is 8.42 Å². The summed E-state index contributed by atoms with van der Waals surface area (Å²) in [5.74, 6) is 1.26. The lowest BCUT2D eigenvalue weighted by molar-refractivity contribution is 0.331. The predicted molar refractivity (Wildman–Crippen MR) is 104 cm³/mol. The number of benzene rings is 1. The molecule has 2 aromatic rings. The van der Waals surface area contributed by atoms with Gasteiger partial charge in [-0.2, -0.15) is 0 Å². The third kappa shape index (κ3) is 3.69. The Labute approximate surface area is 155 Å². The minimum absolute atomic E-state index is 0.212. The molecule has 1 saturated carbocycles. The van der Waals surface area contributed by atoms with Crippen LogP contribution in [0.25, 0.3) is 10.9 Å². The average molecular weight is 375 g/mol. The summed E-state index contributed by atoms with van der Waals surface area (Å²) in [6, 6.07) is 6.60. The Morgan fingerprint density at radius 2 is 1.85 bits per heavy atom. The highest BCUT2D eigenvalue weighted by atomic mass is 32.2. The second-order valence-corrected chi connectivity index (χ2v) is 9.52. The summed E-state index contributed by atoms with van der Waals surface area (Å²) in [6.45, 7) is 1.11. The molecule has 2 fully saturated rings. The Hall–Kier alpha value is -1.73. The summed E-state index contributed by atoms with van der Waals surface area (Å²) < 4.78 is 24.8. The smallest absolute Gasteiger partial charge is 0.223 e. The van der Waals surface area contributed by atoms with E-state index in [1.54, 1.807) is 4.31 Å². The van der Waals surface area contributed by atoms with Crippen molar-refractivity contribution >= 4 is 26.9 Å². The molecule has 1 aliphatic heterocycles. The first-order valence-corrected chi connectivity index (χ1v) is 11.3. The van der Waals surface area contributed by atoms with Crippen LogP contribution in [0.4, 0.5) is 5.95 Å². The van der Waals surface area contributed by atoms with E-state index in [4.69, 9.17) is 4.98 Å². The van der Waals surface area contributed by atoms with Gasteiger partial charge < -0.3 is 5.32 Å². The summed E-state index contributed by atoms with van der Waals surface area (Å²) in [5.41, 5.74) is 2.41. The zero-order chi connectivity index (χ0) is 18.1. The SMILES string of the molecule is CS(=O)(=O)N1CCC(Nc2ncc3cccc(C4CCCC4)c3n2)CC1. The molecule has 0 amide bonds. The lowest BCUT2D eigenvalue weighted by Gasteiger charge is -2.30. The molecular weight excluding hydrogens is 348 g/mol. The van der Waals surface area contributed by atoms with Gasteiger partial charge in [-0.05, 0) is 37.2 Å². The molecule has 6 nitrogen and oxygen atoms in total. The number of para-hydroxylation sites is 1. The van der Waals surface area contributed by atoms with Crippen LogP contribution in [0.15, 0.2) is 24.4 Å². The first kappa shape index (κ1) is 17.7. The summed E-state index contributed by atoms with van der Waals surface area (Å²) in [5, 5.41) is 4.51. The highest BCUT2D eigenvalue weighted by Gasteiger charge is 2.25. The molecule has 0 bridgehead atoms. The van der Waals surface area contributed by atoms with Gasteiger partial charge in [0.15, 0.2) is 0 Å². The molecular formula is C19H26N4O2S. The summed E-state index contributed by atoms with van der Waals surface area (Å²) in [6.07, 6.45) is 9.82. The van der Waals surface area contributed by atoms with E-state index in [-0.39, 0.29) is 6.04 Å². The van der Waals surface area contributed by atoms with Crippen LogP contribution in [0.3, 0.4) is 0 Å². The number of nitrogens with zero attached hydrogens (tertiary/aromatic N) is 3. The molecule has 2 aliphatic rings. The van der Waals surface area contributed by atoms with Crippen LogP contribution in [0.5, 0.6) is 0 Å². The second-order valence-electron chi connectivity index (χ2n) is 7.54. The van der Waals surface area contributed by atoms with E-state index in [9.17, 15) is 8.42 Å².